The van der Waals surface area contributed by atoms with Gasteiger partial charge in [0.1, 0.15) is 0 Å². The first-order chi connectivity index (χ1) is 8.63. The summed E-state index contributed by atoms with van der Waals surface area (Å²) in [5.74, 6) is 0.541. The average molecular weight is 253 g/mol. The van der Waals surface area contributed by atoms with Crippen LogP contribution in [-0.4, -0.2) is 23.9 Å². The highest BCUT2D eigenvalue weighted by atomic mass is 19.3. The van der Waals surface area contributed by atoms with Crippen molar-refractivity contribution >= 4 is 5.96 Å². The monoisotopic (exact) mass is 253 g/mol. The van der Waals surface area contributed by atoms with Crippen molar-refractivity contribution in [1.29, 1.82) is 0 Å². The largest absolute Gasteiger partial charge is 0.370 e. The van der Waals surface area contributed by atoms with Gasteiger partial charge in [0.2, 0.25) is 0 Å². The van der Waals surface area contributed by atoms with Crippen LogP contribution in [0.5, 0.6) is 0 Å². The lowest BCUT2D eigenvalue weighted by Crippen LogP contribution is -2.36. The predicted octanol–water partition coefficient (Wildman–Crippen LogP) is 2.71. The van der Waals surface area contributed by atoms with E-state index in [4.69, 9.17) is 5.73 Å². The van der Waals surface area contributed by atoms with Crippen molar-refractivity contribution in [3.63, 3.8) is 0 Å². The van der Waals surface area contributed by atoms with Gasteiger partial charge in [-0.1, -0.05) is 31.2 Å². The fourth-order valence-electron chi connectivity index (χ4n) is 2.19. The molecule has 18 heavy (non-hydrogen) atoms. The molecule has 3 nitrogen and oxygen atoms in total. The Hall–Kier alpha value is -1.65. The maximum atomic E-state index is 12.5. The minimum Gasteiger partial charge on any atom is -0.370 e. The average Bonchev–Trinajstić information content (AvgIpc) is 2.72. The van der Waals surface area contributed by atoms with Crippen molar-refractivity contribution in [3.8, 4) is 0 Å². The van der Waals surface area contributed by atoms with Gasteiger partial charge in [-0.3, -0.25) is 4.99 Å². The summed E-state index contributed by atoms with van der Waals surface area (Å²) in [5.41, 5.74) is 6.86. The van der Waals surface area contributed by atoms with Crippen LogP contribution in [0.15, 0.2) is 29.3 Å². The van der Waals surface area contributed by atoms with Crippen LogP contribution in [0.1, 0.15) is 36.9 Å². The van der Waals surface area contributed by atoms with E-state index in [0.717, 1.165) is 18.5 Å². The van der Waals surface area contributed by atoms with Gasteiger partial charge in [0.05, 0.1) is 12.6 Å². The standard InChI is InChI=1S/C13H17F2N3/c1-2-7-18-11(8-17-13(18)16)9-3-5-10(6-4-9)12(14)15/h3-6,11-12H,2,7-8H2,1H3,(H2,16,17). The maximum absolute atomic E-state index is 12.5. The summed E-state index contributed by atoms with van der Waals surface area (Å²) in [6, 6.07) is 6.50. The molecular formula is C13H17F2N3. The van der Waals surface area contributed by atoms with Gasteiger partial charge in [-0.15, -0.1) is 0 Å². The number of halogens is 2. The van der Waals surface area contributed by atoms with Gasteiger partial charge in [-0.05, 0) is 12.0 Å². The van der Waals surface area contributed by atoms with E-state index in [9.17, 15) is 8.78 Å². The highest BCUT2D eigenvalue weighted by molar-refractivity contribution is 5.80. The Labute approximate surface area is 105 Å². The van der Waals surface area contributed by atoms with Crippen LogP contribution < -0.4 is 5.73 Å². The first-order valence-electron chi connectivity index (χ1n) is 6.08. The quantitative estimate of drug-likeness (QED) is 0.896. The summed E-state index contributed by atoms with van der Waals surface area (Å²) >= 11 is 0. The molecule has 0 aliphatic carbocycles. The van der Waals surface area contributed by atoms with Gasteiger partial charge < -0.3 is 10.6 Å². The third-order valence-electron chi connectivity index (χ3n) is 3.13. The van der Waals surface area contributed by atoms with Crippen LogP contribution >= 0.6 is 0 Å². The SMILES string of the molecule is CCCN1C(N)=NCC1c1ccc(C(F)F)cc1. The molecule has 0 saturated heterocycles. The topological polar surface area (TPSA) is 41.6 Å². The van der Waals surface area contributed by atoms with E-state index in [2.05, 4.69) is 11.9 Å². The van der Waals surface area contributed by atoms with Crippen LogP contribution in [-0.2, 0) is 0 Å². The Morgan fingerprint density at radius 3 is 2.61 bits per heavy atom. The van der Waals surface area contributed by atoms with E-state index >= 15 is 0 Å². The number of benzene rings is 1. The normalized spacial score (nSPS) is 19.4. The highest BCUT2D eigenvalue weighted by Crippen LogP contribution is 2.27. The summed E-state index contributed by atoms with van der Waals surface area (Å²) in [6.07, 6.45) is -1.45. The smallest absolute Gasteiger partial charge is 0.263 e. The Kier molecular flexibility index (Phi) is 3.79. The van der Waals surface area contributed by atoms with Crippen LogP contribution in [0.3, 0.4) is 0 Å². The molecule has 0 amide bonds. The number of rotatable bonds is 4. The Balaban J connectivity index is 2.16. The van der Waals surface area contributed by atoms with Crippen LogP contribution in [0, 0.1) is 0 Å². The molecule has 1 heterocycles. The third-order valence-corrected chi connectivity index (χ3v) is 3.13. The van der Waals surface area contributed by atoms with Gasteiger partial charge in [-0.25, -0.2) is 8.78 Å². The molecule has 0 spiro atoms. The third kappa shape index (κ3) is 2.44. The van der Waals surface area contributed by atoms with Gasteiger partial charge in [-0.2, -0.15) is 0 Å². The fourth-order valence-corrected chi connectivity index (χ4v) is 2.19. The zero-order chi connectivity index (χ0) is 13.1. The van der Waals surface area contributed by atoms with Crippen LogP contribution in [0.4, 0.5) is 8.78 Å². The molecule has 1 atom stereocenters. The zero-order valence-corrected chi connectivity index (χ0v) is 10.3. The van der Waals surface area contributed by atoms with Crippen molar-refractivity contribution in [2.75, 3.05) is 13.1 Å². The number of hydrogen-bond acceptors (Lipinski definition) is 3. The highest BCUT2D eigenvalue weighted by Gasteiger charge is 2.26. The molecule has 1 aromatic rings. The number of hydrogen-bond donors (Lipinski definition) is 1. The van der Waals surface area contributed by atoms with E-state index in [0.29, 0.717) is 12.5 Å². The Morgan fingerprint density at radius 1 is 1.39 bits per heavy atom. The van der Waals surface area contributed by atoms with Gasteiger partial charge in [0.25, 0.3) is 6.43 Å². The lowest BCUT2D eigenvalue weighted by Gasteiger charge is -2.26. The van der Waals surface area contributed by atoms with E-state index in [1.54, 1.807) is 12.1 Å². The number of aliphatic imine (C=N–C) groups is 1. The number of guanidine groups is 1. The molecule has 0 bridgehead atoms. The minimum atomic E-state index is -2.42. The first kappa shape index (κ1) is 12.8. The van der Waals surface area contributed by atoms with Crippen LogP contribution in [0.2, 0.25) is 0 Å². The number of alkyl halides is 2. The van der Waals surface area contributed by atoms with Crippen molar-refractivity contribution in [1.82, 2.24) is 4.90 Å². The summed E-state index contributed by atoms with van der Waals surface area (Å²) in [5, 5.41) is 0. The molecule has 0 radical (unpaired) electrons. The summed E-state index contributed by atoms with van der Waals surface area (Å²) in [7, 11) is 0. The number of nitrogens with zero attached hydrogens (tertiary/aromatic N) is 2. The van der Waals surface area contributed by atoms with E-state index in [-0.39, 0.29) is 11.6 Å². The number of nitrogens with two attached hydrogens (primary N) is 1. The fraction of sp³-hybridized carbons (Fsp3) is 0.462. The van der Waals surface area contributed by atoms with E-state index in [1.165, 1.54) is 12.1 Å². The van der Waals surface area contributed by atoms with Gasteiger partial charge >= 0.3 is 0 Å². The second-order valence-corrected chi connectivity index (χ2v) is 4.38. The van der Waals surface area contributed by atoms with Crippen molar-refractivity contribution in [2.24, 2.45) is 10.7 Å². The zero-order valence-electron chi connectivity index (χ0n) is 10.3. The molecule has 1 aliphatic heterocycles. The molecule has 0 fully saturated rings. The molecule has 5 heteroatoms. The van der Waals surface area contributed by atoms with E-state index in [1.807, 2.05) is 4.90 Å². The molecule has 1 aliphatic rings. The second kappa shape index (κ2) is 5.33. The molecule has 2 rings (SSSR count). The molecule has 1 unspecified atom stereocenters. The molecule has 0 saturated carbocycles. The van der Waals surface area contributed by atoms with Gasteiger partial charge in [0, 0.05) is 12.1 Å². The molecule has 98 valence electrons. The van der Waals surface area contributed by atoms with Crippen molar-refractivity contribution in [3.05, 3.63) is 35.4 Å². The second-order valence-electron chi connectivity index (χ2n) is 4.38. The maximum Gasteiger partial charge on any atom is 0.263 e. The van der Waals surface area contributed by atoms with Gasteiger partial charge in [0.15, 0.2) is 5.96 Å². The summed E-state index contributed by atoms with van der Waals surface area (Å²) in [4.78, 5) is 6.25. The summed E-state index contributed by atoms with van der Waals surface area (Å²) in [6.45, 7) is 3.50. The molecular weight excluding hydrogens is 236 g/mol. The van der Waals surface area contributed by atoms with Crippen molar-refractivity contribution in [2.45, 2.75) is 25.8 Å². The van der Waals surface area contributed by atoms with E-state index < -0.39 is 6.43 Å². The lowest BCUT2D eigenvalue weighted by atomic mass is 10.0. The Bertz CT molecular complexity index is 428. The lowest BCUT2D eigenvalue weighted by molar-refractivity contribution is 0.151. The Morgan fingerprint density at radius 2 is 2.06 bits per heavy atom. The first-order valence-corrected chi connectivity index (χ1v) is 6.08. The minimum absolute atomic E-state index is 0.0488. The molecule has 1 aromatic carbocycles. The molecule has 0 aromatic heterocycles. The molecule has 2 N–H and O–H groups in total. The van der Waals surface area contributed by atoms with Crippen LogP contribution in [0.25, 0.3) is 0 Å². The predicted molar refractivity (Wildman–Crippen MR) is 67.6 cm³/mol. The summed E-state index contributed by atoms with van der Waals surface area (Å²) < 4.78 is 25.0. The van der Waals surface area contributed by atoms with Crippen molar-refractivity contribution < 1.29 is 8.78 Å².